The van der Waals surface area contributed by atoms with Gasteiger partial charge in [0.25, 0.3) is 0 Å². The van der Waals surface area contributed by atoms with Crippen LogP contribution in [0.1, 0.15) is 49.0 Å². The minimum atomic E-state index is -0.313. The van der Waals surface area contributed by atoms with Gasteiger partial charge in [0, 0.05) is 6.04 Å². The van der Waals surface area contributed by atoms with E-state index < -0.39 is 0 Å². The number of nitrogens with one attached hydrogen (secondary N) is 1. The number of methoxy groups -OCH3 is 1. The van der Waals surface area contributed by atoms with E-state index in [0.29, 0.717) is 10.9 Å². The lowest BCUT2D eigenvalue weighted by molar-refractivity contribution is 0.0605. The summed E-state index contributed by atoms with van der Waals surface area (Å²) >= 11 is 1.36. The van der Waals surface area contributed by atoms with Crippen molar-refractivity contribution in [1.29, 1.82) is 0 Å². The van der Waals surface area contributed by atoms with Gasteiger partial charge in [0.05, 0.1) is 12.8 Å². The van der Waals surface area contributed by atoms with E-state index in [1.165, 1.54) is 18.4 Å². The maximum atomic E-state index is 11.6. The van der Waals surface area contributed by atoms with Gasteiger partial charge in [0.2, 0.25) is 0 Å². The van der Waals surface area contributed by atoms with Gasteiger partial charge < -0.3 is 15.0 Å². The van der Waals surface area contributed by atoms with Crippen molar-refractivity contribution in [3.8, 4) is 0 Å². The number of hydrogen-bond acceptors (Lipinski definition) is 6. The standard InChI is InChI=1S/C15H27N3O2S/c1-6-18(7-2)10-8-9-11(3)16-15-17-12(4)13(21-15)14(19)20-5/h11H,6-10H2,1-5H3,(H,16,17). The van der Waals surface area contributed by atoms with Gasteiger partial charge in [-0.2, -0.15) is 0 Å². The lowest BCUT2D eigenvalue weighted by Crippen LogP contribution is -2.25. The molecule has 0 saturated heterocycles. The highest BCUT2D eigenvalue weighted by Gasteiger charge is 2.16. The van der Waals surface area contributed by atoms with E-state index in [4.69, 9.17) is 4.74 Å². The van der Waals surface area contributed by atoms with E-state index in [2.05, 4.69) is 36.0 Å². The molecule has 0 bridgehead atoms. The number of ether oxygens (including phenoxy) is 1. The van der Waals surface area contributed by atoms with Crippen LogP contribution in [0.5, 0.6) is 0 Å². The summed E-state index contributed by atoms with van der Waals surface area (Å²) in [4.78, 5) is 19.0. The Morgan fingerprint density at radius 1 is 1.43 bits per heavy atom. The number of thiazole rings is 1. The van der Waals surface area contributed by atoms with Crippen LogP contribution in [-0.2, 0) is 4.74 Å². The van der Waals surface area contributed by atoms with Crippen LogP contribution in [0, 0.1) is 6.92 Å². The van der Waals surface area contributed by atoms with Crippen LogP contribution in [0.4, 0.5) is 5.13 Å². The monoisotopic (exact) mass is 313 g/mol. The minimum Gasteiger partial charge on any atom is -0.465 e. The number of esters is 1. The van der Waals surface area contributed by atoms with Crippen LogP contribution in [0.3, 0.4) is 0 Å². The Labute approximate surface area is 131 Å². The minimum absolute atomic E-state index is 0.313. The second-order valence-electron chi connectivity index (χ2n) is 5.14. The zero-order valence-corrected chi connectivity index (χ0v) is 14.5. The highest BCUT2D eigenvalue weighted by atomic mass is 32.1. The number of rotatable bonds is 9. The largest absolute Gasteiger partial charge is 0.465 e. The molecule has 120 valence electrons. The zero-order valence-electron chi connectivity index (χ0n) is 13.7. The van der Waals surface area contributed by atoms with E-state index in [9.17, 15) is 4.79 Å². The van der Waals surface area contributed by atoms with Gasteiger partial charge in [-0.25, -0.2) is 9.78 Å². The van der Waals surface area contributed by atoms with Gasteiger partial charge in [-0.3, -0.25) is 0 Å². The first-order valence-corrected chi connectivity index (χ1v) is 8.38. The highest BCUT2D eigenvalue weighted by Crippen LogP contribution is 2.24. The molecule has 0 aromatic carbocycles. The van der Waals surface area contributed by atoms with Gasteiger partial charge in [0.1, 0.15) is 4.88 Å². The summed E-state index contributed by atoms with van der Waals surface area (Å²) in [6, 6.07) is 0.344. The van der Waals surface area contributed by atoms with Crippen LogP contribution >= 0.6 is 11.3 Å². The zero-order chi connectivity index (χ0) is 15.8. The molecule has 0 amide bonds. The van der Waals surface area contributed by atoms with Crippen LogP contribution in [0.25, 0.3) is 0 Å². The summed E-state index contributed by atoms with van der Waals surface area (Å²) in [5, 5.41) is 4.17. The molecule has 1 atom stereocenters. The molecule has 1 unspecified atom stereocenters. The molecule has 0 spiro atoms. The number of hydrogen-bond donors (Lipinski definition) is 1. The number of nitrogens with zero attached hydrogens (tertiary/aromatic N) is 2. The van der Waals surface area contributed by atoms with Crippen molar-refractivity contribution in [2.45, 2.75) is 46.6 Å². The van der Waals surface area contributed by atoms with Crippen LogP contribution in [0.15, 0.2) is 0 Å². The van der Waals surface area contributed by atoms with Crippen molar-refractivity contribution < 1.29 is 9.53 Å². The van der Waals surface area contributed by atoms with Gasteiger partial charge in [-0.05, 0) is 46.3 Å². The summed E-state index contributed by atoms with van der Waals surface area (Å²) in [5.74, 6) is -0.313. The van der Waals surface area contributed by atoms with Crippen molar-refractivity contribution in [3.63, 3.8) is 0 Å². The lowest BCUT2D eigenvalue weighted by Gasteiger charge is -2.19. The number of carbonyl (C=O) groups excluding carboxylic acids is 1. The summed E-state index contributed by atoms with van der Waals surface area (Å²) in [6.07, 6.45) is 2.24. The number of carbonyl (C=O) groups is 1. The number of aromatic nitrogens is 1. The van der Waals surface area contributed by atoms with Crippen LogP contribution in [0.2, 0.25) is 0 Å². The Balaban J connectivity index is 2.44. The molecule has 5 nitrogen and oxygen atoms in total. The summed E-state index contributed by atoms with van der Waals surface area (Å²) in [5.41, 5.74) is 0.727. The fraction of sp³-hybridized carbons (Fsp3) is 0.733. The Hall–Kier alpha value is -1.14. The first-order chi connectivity index (χ1) is 10.0. The Morgan fingerprint density at radius 3 is 2.67 bits per heavy atom. The smallest absolute Gasteiger partial charge is 0.350 e. The Kier molecular flexibility index (Phi) is 7.67. The lowest BCUT2D eigenvalue weighted by atomic mass is 10.2. The normalized spacial score (nSPS) is 12.5. The number of anilines is 1. The van der Waals surface area contributed by atoms with Crippen molar-refractivity contribution in [1.82, 2.24) is 9.88 Å². The molecule has 0 saturated carbocycles. The van der Waals surface area contributed by atoms with Gasteiger partial charge in [-0.1, -0.05) is 25.2 Å². The van der Waals surface area contributed by atoms with E-state index >= 15 is 0 Å². The molecule has 0 fully saturated rings. The Bertz CT molecular complexity index is 444. The third-order valence-electron chi connectivity index (χ3n) is 3.54. The van der Waals surface area contributed by atoms with E-state index in [-0.39, 0.29) is 5.97 Å². The SMILES string of the molecule is CCN(CC)CCCC(C)Nc1nc(C)c(C(=O)OC)s1. The molecule has 0 aliphatic heterocycles. The van der Waals surface area contributed by atoms with Crippen molar-refractivity contribution in [2.24, 2.45) is 0 Å². The quantitative estimate of drug-likeness (QED) is 0.710. The molecule has 1 heterocycles. The van der Waals surface area contributed by atoms with Crippen LogP contribution in [-0.4, -0.2) is 48.6 Å². The van der Waals surface area contributed by atoms with Crippen LogP contribution < -0.4 is 5.32 Å². The van der Waals surface area contributed by atoms with Crippen molar-refractivity contribution in [3.05, 3.63) is 10.6 Å². The Morgan fingerprint density at radius 2 is 2.10 bits per heavy atom. The molecule has 0 aliphatic carbocycles. The third-order valence-corrected chi connectivity index (χ3v) is 4.61. The molecule has 1 N–H and O–H groups in total. The highest BCUT2D eigenvalue weighted by molar-refractivity contribution is 7.17. The average molecular weight is 313 g/mol. The molecule has 21 heavy (non-hydrogen) atoms. The number of aryl methyl sites for hydroxylation is 1. The van der Waals surface area contributed by atoms with Gasteiger partial charge in [0.15, 0.2) is 5.13 Å². The summed E-state index contributed by atoms with van der Waals surface area (Å²) < 4.78 is 4.75. The van der Waals surface area contributed by atoms with E-state index in [1.807, 2.05) is 6.92 Å². The second-order valence-corrected chi connectivity index (χ2v) is 6.14. The van der Waals surface area contributed by atoms with Crippen molar-refractivity contribution >= 4 is 22.4 Å². The topological polar surface area (TPSA) is 54.5 Å². The molecular weight excluding hydrogens is 286 g/mol. The molecule has 0 radical (unpaired) electrons. The molecule has 1 aromatic heterocycles. The molecule has 0 aliphatic rings. The maximum Gasteiger partial charge on any atom is 0.350 e. The summed E-state index contributed by atoms with van der Waals surface area (Å²) in [6.45, 7) is 11.7. The van der Waals surface area contributed by atoms with Gasteiger partial charge in [-0.15, -0.1) is 0 Å². The second kappa shape index (κ2) is 9.00. The van der Waals surface area contributed by atoms with Crippen molar-refractivity contribution in [2.75, 3.05) is 32.1 Å². The molecule has 6 heteroatoms. The predicted molar refractivity (Wildman–Crippen MR) is 88.3 cm³/mol. The maximum absolute atomic E-state index is 11.6. The van der Waals surface area contributed by atoms with Gasteiger partial charge >= 0.3 is 5.97 Å². The summed E-state index contributed by atoms with van der Waals surface area (Å²) in [7, 11) is 1.39. The fourth-order valence-corrected chi connectivity index (χ4v) is 3.18. The average Bonchev–Trinajstić information content (AvgIpc) is 2.83. The third kappa shape index (κ3) is 5.63. The predicted octanol–water partition coefficient (Wildman–Crippen LogP) is 3.16. The molecule has 1 aromatic rings. The first-order valence-electron chi connectivity index (χ1n) is 7.56. The molecule has 1 rings (SSSR count). The first kappa shape index (κ1) is 17.9. The van der Waals surface area contributed by atoms with E-state index in [1.54, 1.807) is 0 Å². The molecular formula is C15H27N3O2S. The fourth-order valence-electron chi connectivity index (χ4n) is 2.18. The van der Waals surface area contributed by atoms with E-state index in [0.717, 1.165) is 43.3 Å².